The van der Waals surface area contributed by atoms with Crippen LogP contribution >= 0.6 is 0 Å². The number of rotatable bonds is 4. The van der Waals surface area contributed by atoms with Gasteiger partial charge < -0.3 is 9.84 Å². The summed E-state index contributed by atoms with van der Waals surface area (Å²) in [6.45, 7) is 0.143. The molecule has 3 heteroatoms. The van der Waals surface area contributed by atoms with Gasteiger partial charge in [-0.3, -0.25) is 0 Å². The molecule has 0 radical (unpaired) electrons. The average molecular weight is 238 g/mol. The van der Waals surface area contributed by atoms with Crippen LogP contribution in [0.4, 0.5) is 4.39 Å². The number of halogens is 1. The molecule has 1 aromatic rings. The lowest BCUT2D eigenvalue weighted by Gasteiger charge is -2.26. The van der Waals surface area contributed by atoms with Crippen LogP contribution in [0, 0.1) is 11.2 Å². The van der Waals surface area contributed by atoms with Crippen LogP contribution < -0.4 is 4.74 Å². The minimum atomic E-state index is -0.283. The number of ether oxygens (including phenoxy) is 1. The maximum atomic E-state index is 14.0. The van der Waals surface area contributed by atoms with E-state index in [0.29, 0.717) is 12.0 Å². The third-order valence-corrected chi connectivity index (χ3v) is 3.83. The lowest BCUT2D eigenvalue weighted by molar-refractivity contribution is 0.129. The number of benzene rings is 1. The van der Waals surface area contributed by atoms with Crippen molar-refractivity contribution in [2.75, 3.05) is 13.7 Å². The van der Waals surface area contributed by atoms with Crippen LogP contribution in [0.3, 0.4) is 0 Å². The Balaban J connectivity index is 2.23. The Kier molecular flexibility index (Phi) is 3.67. The number of hydrogen-bond acceptors (Lipinski definition) is 2. The van der Waals surface area contributed by atoms with E-state index in [-0.39, 0.29) is 23.6 Å². The first kappa shape index (κ1) is 12.4. The summed E-state index contributed by atoms with van der Waals surface area (Å²) in [5.74, 6) is 0.00307. The SMILES string of the molecule is COc1cccc(CC2(CO)CCCC2)c1F. The van der Waals surface area contributed by atoms with Gasteiger partial charge >= 0.3 is 0 Å². The van der Waals surface area contributed by atoms with Crippen molar-refractivity contribution < 1.29 is 14.2 Å². The van der Waals surface area contributed by atoms with Gasteiger partial charge in [0.05, 0.1) is 7.11 Å². The van der Waals surface area contributed by atoms with E-state index in [9.17, 15) is 9.50 Å². The molecule has 1 aromatic carbocycles. The van der Waals surface area contributed by atoms with Crippen molar-refractivity contribution in [1.29, 1.82) is 0 Å². The average Bonchev–Trinajstić information content (AvgIpc) is 2.81. The standard InChI is InChI=1S/C14H19FO2/c1-17-12-6-4-5-11(13(12)15)9-14(10-16)7-2-3-8-14/h4-6,16H,2-3,7-10H2,1H3. The van der Waals surface area contributed by atoms with Crippen molar-refractivity contribution in [3.63, 3.8) is 0 Å². The molecule has 0 atom stereocenters. The molecule has 1 aliphatic rings. The lowest BCUT2D eigenvalue weighted by atomic mass is 9.80. The van der Waals surface area contributed by atoms with E-state index in [1.807, 2.05) is 0 Å². The summed E-state index contributed by atoms with van der Waals surface area (Å²) in [7, 11) is 1.47. The molecule has 2 nitrogen and oxygen atoms in total. The van der Waals surface area contributed by atoms with E-state index in [1.165, 1.54) is 7.11 Å². The smallest absolute Gasteiger partial charge is 0.168 e. The summed E-state index contributed by atoms with van der Waals surface area (Å²) >= 11 is 0. The second kappa shape index (κ2) is 5.05. The summed E-state index contributed by atoms with van der Waals surface area (Å²) < 4.78 is 19.0. The van der Waals surface area contributed by atoms with Crippen LogP contribution in [0.5, 0.6) is 5.75 Å². The van der Waals surface area contributed by atoms with Crippen molar-refractivity contribution >= 4 is 0 Å². The van der Waals surface area contributed by atoms with Crippen LogP contribution in [0.25, 0.3) is 0 Å². The van der Waals surface area contributed by atoms with E-state index < -0.39 is 0 Å². The van der Waals surface area contributed by atoms with Gasteiger partial charge in [0.15, 0.2) is 11.6 Å². The number of aliphatic hydroxyl groups excluding tert-OH is 1. The molecule has 1 N–H and O–H groups in total. The van der Waals surface area contributed by atoms with Crippen LogP contribution in [0.2, 0.25) is 0 Å². The van der Waals surface area contributed by atoms with Gasteiger partial charge in [0, 0.05) is 6.61 Å². The summed E-state index contributed by atoms with van der Waals surface area (Å²) in [5.41, 5.74) is 0.535. The van der Waals surface area contributed by atoms with Crippen LogP contribution in [-0.4, -0.2) is 18.8 Å². The monoisotopic (exact) mass is 238 g/mol. The summed E-state index contributed by atoms with van der Waals surface area (Å²) in [4.78, 5) is 0. The Morgan fingerprint density at radius 3 is 2.65 bits per heavy atom. The maximum Gasteiger partial charge on any atom is 0.168 e. The second-order valence-corrected chi connectivity index (χ2v) is 4.98. The molecular formula is C14H19FO2. The minimum absolute atomic E-state index is 0.118. The molecule has 0 aromatic heterocycles. The Morgan fingerprint density at radius 2 is 2.06 bits per heavy atom. The van der Waals surface area contributed by atoms with Crippen LogP contribution in [0.15, 0.2) is 18.2 Å². The van der Waals surface area contributed by atoms with Crippen molar-refractivity contribution in [2.45, 2.75) is 32.1 Å². The highest BCUT2D eigenvalue weighted by Gasteiger charge is 2.34. The Hall–Kier alpha value is -1.09. The van der Waals surface area contributed by atoms with Crippen molar-refractivity contribution in [1.82, 2.24) is 0 Å². The van der Waals surface area contributed by atoms with E-state index in [1.54, 1.807) is 18.2 Å². The summed E-state index contributed by atoms with van der Waals surface area (Å²) in [6.07, 6.45) is 4.84. The molecule has 1 fully saturated rings. The number of methoxy groups -OCH3 is 1. The zero-order chi connectivity index (χ0) is 12.3. The molecule has 1 aliphatic carbocycles. The Morgan fingerprint density at radius 1 is 1.35 bits per heavy atom. The van der Waals surface area contributed by atoms with Crippen molar-refractivity contribution in [3.8, 4) is 5.75 Å². The first-order chi connectivity index (χ1) is 8.21. The van der Waals surface area contributed by atoms with Crippen molar-refractivity contribution in [3.05, 3.63) is 29.6 Å². The van der Waals surface area contributed by atoms with E-state index in [4.69, 9.17) is 4.74 Å². The first-order valence-electron chi connectivity index (χ1n) is 6.13. The zero-order valence-electron chi connectivity index (χ0n) is 10.2. The van der Waals surface area contributed by atoms with Gasteiger partial charge in [-0.25, -0.2) is 4.39 Å². The molecule has 0 aliphatic heterocycles. The Labute approximate surface area is 101 Å². The van der Waals surface area contributed by atoms with Gasteiger partial charge in [-0.15, -0.1) is 0 Å². The quantitative estimate of drug-likeness (QED) is 0.874. The highest BCUT2D eigenvalue weighted by Crippen LogP contribution is 2.41. The van der Waals surface area contributed by atoms with Gasteiger partial charge in [-0.1, -0.05) is 25.0 Å². The number of aliphatic hydroxyl groups is 1. The molecule has 0 spiro atoms. The van der Waals surface area contributed by atoms with Gasteiger partial charge in [0.1, 0.15) is 0 Å². The third kappa shape index (κ3) is 2.44. The maximum absolute atomic E-state index is 14.0. The molecule has 0 unspecified atom stereocenters. The fraction of sp³-hybridized carbons (Fsp3) is 0.571. The normalized spacial score (nSPS) is 18.3. The molecule has 0 amide bonds. The lowest BCUT2D eigenvalue weighted by Crippen LogP contribution is -2.24. The highest BCUT2D eigenvalue weighted by molar-refractivity contribution is 5.31. The van der Waals surface area contributed by atoms with Crippen molar-refractivity contribution in [2.24, 2.45) is 5.41 Å². The van der Waals surface area contributed by atoms with Crippen LogP contribution in [-0.2, 0) is 6.42 Å². The van der Waals surface area contributed by atoms with E-state index in [2.05, 4.69) is 0 Å². The topological polar surface area (TPSA) is 29.5 Å². The minimum Gasteiger partial charge on any atom is -0.494 e. The fourth-order valence-electron chi connectivity index (χ4n) is 2.77. The van der Waals surface area contributed by atoms with Gasteiger partial charge in [-0.2, -0.15) is 0 Å². The van der Waals surface area contributed by atoms with Gasteiger partial charge in [0.25, 0.3) is 0 Å². The second-order valence-electron chi connectivity index (χ2n) is 4.98. The largest absolute Gasteiger partial charge is 0.494 e. The number of hydrogen-bond donors (Lipinski definition) is 1. The predicted octanol–water partition coefficient (Wildman–Crippen LogP) is 2.93. The predicted molar refractivity (Wildman–Crippen MR) is 64.6 cm³/mol. The Bertz CT molecular complexity index is 384. The van der Waals surface area contributed by atoms with E-state index >= 15 is 0 Å². The summed E-state index contributed by atoms with van der Waals surface area (Å²) in [6, 6.07) is 5.21. The van der Waals surface area contributed by atoms with Crippen LogP contribution in [0.1, 0.15) is 31.2 Å². The zero-order valence-corrected chi connectivity index (χ0v) is 10.2. The first-order valence-corrected chi connectivity index (χ1v) is 6.13. The molecule has 17 heavy (non-hydrogen) atoms. The molecule has 2 rings (SSSR count). The fourth-order valence-corrected chi connectivity index (χ4v) is 2.77. The molecule has 0 saturated heterocycles. The highest BCUT2D eigenvalue weighted by atomic mass is 19.1. The van der Waals surface area contributed by atoms with E-state index in [0.717, 1.165) is 25.7 Å². The molecule has 94 valence electrons. The molecular weight excluding hydrogens is 219 g/mol. The summed E-state index contributed by atoms with van der Waals surface area (Å²) in [5, 5.41) is 9.54. The molecule has 0 heterocycles. The molecule has 0 bridgehead atoms. The third-order valence-electron chi connectivity index (χ3n) is 3.83. The van der Waals surface area contributed by atoms with Gasteiger partial charge in [0.2, 0.25) is 0 Å². The molecule has 1 saturated carbocycles. The van der Waals surface area contributed by atoms with Gasteiger partial charge in [-0.05, 0) is 36.3 Å².